The van der Waals surface area contributed by atoms with Crippen LogP contribution < -0.4 is 0 Å². The molecule has 1 heterocycles. The summed E-state index contributed by atoms with van der Waals surface area (Å²) in [6, 6.07) is 9.41. The summed E-state index contributed by atoms with van der Waals surface area (Å²) in [5.74, 6) is 3.61. The predicted octanol–water partition coefficient (Wildman–Crippen LogP) is 9.99. The minimum absolute atomic E-state index is 0.523. The largest absolute Gasteiger partial charge is 0.335 e. The molecule has 0 saturated carbocycles. The van der Waals surface area contributed by atoms with Crippen molar-refractivity contribution in [3.05, 3.63) is 53.6 Å². The lowest BCUT2D eigenvalue weighted by Gasteiger charge is -2.09. The Morgan fingerprint density at radius 3 is 1.44 bits per heavy atom. The Bertz CT molecular complexity index is 651. The standard InChI is InChI=1S/C12H18.C9H16N2.C9H20/c1-9(2)11-6-5-7-12(8-11)10(3)4;1-7(2)9-5-11(6-10-9)8(3)4;1-8(2)6-5-7-9(3)4/h5-10H,1-4H3;5-8H,1-4H3;8-9H,5-7H2,1-4H3. The van der Waals surface area contributed by atoms with E-state index in [4.69, 9.17) is 0 Å². The van der Waals surface area contributed by atoms with Crippen molar-refractivity contribution in [2.75, 3.05) is 0 Å². The minimum Gasteiger partial charge on any atom is -0.335 e. The first-order chi connectivity index (χ1) is 14.8. The number of nitrogens with zero attached hydrogens (tertiary/aromatic N) is 2. The molecule has 0 spiro atoms. The van der Waals surface area contributed by atoms with Crippen LogP contribution >= 0.6 is 0 Å². The number of rotatable bonds is 8. The highest BCUT2D eigenvalue weighted by molar-refractivity contribution is 5.27. The average molecular weight is 443 g/mol. The minimum atomic E-state index is 0.523. The summed E-state index contributed by atoms with van der Waals surface area (Å²) in [7, 11) is 0. The van der Waals surface area contributed by atoms with E-state index in [9.17, 15) is 0 Å². The summed E-state index contributed by atoms with van der Waals surface area (Å²) < 4.78 is 2.13. The SMILES string of the molecule is CC(C)CCCC(C)C.CC(C)c1cccc(C(C)C)c1.CC(C)c1cn(C(C)C)cn1. The van der Waals surface area contributed by atoms with Gasteiger partial charge in [0.15, 0.2) is 0 Å². The van der Waals surface area contributed by atoms with Gasteiger partial charge in [-0.15, -0.1) is 0 Å². The van der Waals surface area contributed by atoms with Crippen LogP contribution in [0.15, 0.2) is 36.8 Å². The molecule has 0 amide bonds. The molecule has 0 radical (unpaired) electrons. The molecular formula is C30H54N2. The molecule has 1 aromatic heterocycles. The Kier molecular flexibility index (Phi) is 15.3. The van der Waals surface area contributed by atoms with Gasteiger partial charge in [0, 0.05) is 12.2 Å². The monoisotopic (exact) mass is 442 g/mol. The van der Waals surface area contributed by atoms with Crippen molar-refractivity contribution in [2.24, 2.45) is 11.8 Å². The number of hydrogen-bond donors (Lipinski definition) is 0. The fraction of sp³-hybridized carbons (Fsp3) is 0.700. The Labute approximate surface area is 201 Å². The van der Waals surface area contributed by atoms with Crippen LogP contribution in [0.3, 0.4) is 0 Å². The van der Waals surface area contributed by atoms with E-state index in [1.807, 2.05) is 6.33 Å². The molecule has 0 N–H and O–H groups in total. The second-order valence-corrected chi connectivity index (χ2v) is 11.2. The molecule has 2 rings (SSSR count). The van der Waals surface area contributed by atoms with Gasteiger partial charge in [0.1, 0.15) is 0 Å². The molecule has 0 fully saturated rings. The second kappa shape index (κ2) is 16.1. The zero-order valence-electron chi connectivity index (χ0n) is 23.4. The van der Waals surface area contributed by atoms with Crippen LogP contribution in [0.25, 0.3) is 0 Å². The van der Waals surface area contributed by atoms with Crippen molar-refractivity contribution in [3.8, 4) is 0 Å². The summed E-state index contributed by atoms with van der Waals surface area (Å²) in [6.07, 6.45) is 8.24. The highest BCUT2D eigenvalue weighted by Gasteiger charge is 2.04. The number of aromatic nitrogens is 2. The number of benzene rings is 1. The fourth-order valence-corrected chi connectivity index (χ4v) is 3.14. The van der Waals surface area contributed by atoms with Gasteiger partial charge in [-0.2, -0.15) is 0 Å². The van der Waals surface area contributed by atoms with E-state index in [0.29, 0.717) is 23.8 Å². The summed E-state index contributed by atoms with van der Waals surface area (Å²) in [4.78, 5) is 4.30. The first kappa shape index (κ1) is 30.4. The molecule has 0 atom stereocenters. The molecule has 0 bridgehead atoms. The van der Waals surface area contributed by atoms with Crippen LogP contribution in [0, 0.1) is 11.8 Å². The van der Waals surface area contributed by atoms with Gasteiger partial charge in [0.05, 0.1) is 12.0 Å². The molecule has 0 aliphatic heterocycles. The number of imidazole rings is 1. The maximum absolute atomic E-state index is 4.30. The fourth-order valence-electron chi connectivity index (χ4n) is 3.14. The highest BCUT2D eigenvalue weighted by Crippen LogP contribution is 2.20. The molecule has 0 unspecified atom stereocenters. The predicted molar refractivity (Wildman–Crippen MR) is 145 cm³/mol. The Balaban J connectivity index is 0.000000456. The van der Waals surface area contributed by atoms with E-state index in [-0.39, 0.29) is 0 Å². The molecular weight excluding hydrogens is 388 g/mol. The van der Waals surface area contributed by atoms with Gasteiger partial charge < -0.3 is 4.57 Å². The van der Waals surface area contributed by atoms with Gasteiger partial charge in [-0.05, 0) is 54.6 Å². The Morgan fingerprint density at radius 1 is 0.688 bits per heavy atom. The second-order valence-electron chi connectivity index (χ2n) is 11.2. The van der Waals surface area contributed by atoms with Crippen LogP contribution in [-0.2, 0) is 0 Å². The molecule has 2 aromatic rings. The van der Waals surface area contributed by atoms with Gasteiger partial charge in [0.25, 0.3) is 0 Å². The normalized spacial score (nSPS) is 11.3. The first-order valence-electron chi connectivity index (χ1n) is 13.0. The molecule has 2 nitrogen and oxygen atoms in total. The van der Waals surface area contributed by atoms with Gasteiger partial charge in [-0.25, -0.2) is 4.98 Å². The van der Waals surface area contributed by atoms with E-state index in [2.05, 4.69) is 123 Å². The zero-order chi connectivity index (χ0) is 24.8. The van der Waals surface area contributed by atoms with Gasteiger partial charge in [-0.1, -0.05) is 113 Å². The third kappa shape index (κ3) is 13.8. The lowest BCUT2D eigenvalue weighted by molar-refractivity contribution is 0.480. The Hall–Kier alpha value is -1.57. The maximum Gasteiger partial charge on any atom is 0.0951 e. The molecule has 2 heteroatoms. The van der Waals surface area contributed by atoms with Crippen molar-refractivity contribution in [2.45, 2.75) is 126 Å². The maximum atomic E-state index is 4.30. The molecule has 1 aromatic carbocycles. The highest BCUT2D eigenvalue weighted by atomic mass is 15.1. The summed E-state index contributed by atoms with van der Waals surface area (Å²) in [5, 5.41) is 0. The van der Waals surface area contributed by atoms with E-state index >= 15 is 0 Å². The third-order valence-corrected chi connectivity index (χ3v) is 5.62. The summed E-state index contributed by atoms with van der Waals surface area (Å²) in [6.45, 7) is 26.7. The number of hydrogen-bond acceptors (Lipinski definition) is 1. The van der Waals surface area contributed by atoms with E-state index in [1.165, 1.54) is 36.1 Å². The van der Waals surface area contributed by atoms with Gasteiger partial charge in [0.2, 0.25) is 0 Å². The molecule has 0 aliphatic rings. The smallest absolute Gasteiger partial charge is 0.0951 e. The zero-order valence-corrected chi connectivity index (χ0v) is 23.4. The first-order valence-corrected chi connectivity index (χ1v) is 13.0. The quantitative estimate of drug-likeness (QED) is 0.397. The van der Waals surface area contributed by atoms with E-state index < -0.39 is 0 Å². The van der Waals surface area contributed by atoms with Crippen LogP contribution in [0.1, 0.15) is 143 Å². The summed E-state index contributed by atoms with van der Waals surface area (Å²) >= 11 is 0. The Morgan fingerprint density at radius 2 is 1.16 bits per heavy atom. The van der Waals surface area contributed by atoms with Gasteiger partial charge in [-0.3, -0.25) is 0 Å². The molecule has 184 valence electrons. The van der Waals surface area contributed by atoms with Crippen molar-refractivity contribution >= 4 is 0 Å². The van der Waals surface area contributed by atoms with E-state index in [1.54, 1.807) is 0 Å². The topological polar surface area (TPSA) is 17.8 Å². The molecule has 32 heavy (non-hydrogen) atoms. The summed E-state index contributed by atoms with van der Waals surface area (Å²) in [5.41, 5.74) is 4.07. The van der Waals surface area contributed by atoms with Crippen molar-refractivity contribution in [1.82, 2.24) is 9.55 Å². The van der Waals surface area contributed by atoms with Crippen molar-refractivity contribution < 1.29 is 0 Å². The lowest BCUT2D eigenvalue weighted by atomic mass is 9.96. The third-order valence-electron chi connectivity index (χ3n) is 5.62. The van der Waals surface area contributed by atoms with Crippen molar-refractivity contribution in [1.29, 1.82) is 0 Å². The lowest BCUT2D eigenvalue weighted by Crippen LogP contribution is -1.96. The van der Waals surface area contributed by atoms with Crippen LogP contribution in [-0.4, -0.2) is 9.55 Å². The van der Waals surface area contributed by atoms with Crippen LogP contribution in [0.2, 0.25) is 0 Å². The van der Waals surface area contributed by atoms with Gasteiger partial charge >= 0.3 is 0 Å². The van der Waals surface area contributed by atoms with Crippen LogP contribution in [0.5, 0.6) is 0 Å². The average Bonchev–Trinajstić information content (AvgIpc) is 3.19. The molecule has 0 saturated heterocycles. The van der Waals surface area contributed by atoms with Crippen molar-refractivity contribution in [3.63, 3.8) is 0 Å². The molecule has 0 aliphatic carbocycles. The van der Waals surface area contributed by atoms with Crippen LogP contribution in [0.4, 0.5) is 0 Å². The van der Waals surface area contributed by atoms with E-state index in [0.717, 1.165) is 11.8 Å².